The Labute approximate surface area is 132 Å². The monoisotopic (exact) mass is 312 g/mol. The summed E-state index contributed by atoms with van der Waals surface area (Å²) in [5.41, 5.74) is 0. The van der Waals surface area contributed by atoms with Gasteiger partial charge in [-0.15, -0.1) is 0 Å². The fourth-order valence-electron chi connectivity index (χ4n) is 3.68. The summed E-state index contributed by atoms with van der Waals surface area (Å²) in [6.45, 7) is 5.28. The second-order valence-corrected chi connectivity index (χ2v) is 6.94. The van der Waals surface area contributed by atoms with E-state index in [0.29, 0.717) is 31.8 Å². The summed E-state index contributed by atoms with van der Waals surface area (Å²) >= 11 is 0. The highest BCUT2D eigenvalue weighted by Crippen LogP contribution is 2.37. The molecule has 2 saturated carbocycles. The molecule has 4 rings (SSSR count). The molecule has 5 nitrogen and oxygen atoms in total. The van der Waals surface area contributed by atoms with Gasteiger partial charge in [-0.05, 0) is 18.8 Å². The van der Waals surface area contributed by atoms with E-state index in [2.05, 4.69) is 6.92 Å². The van der Waals surface area contributed by atoms with Crippen LogP contribution in [0.3, 0.4) is 0 Å². The normalized spacial score (nSPS) is 30.5. The van der Waals surface area contributed by atoms with Crippen molar-refractivity contribution in [3.05, 3.63) is 0 Å². The molecule has 2 saturated heterocycles. The highest BCUT2D eigenvalue weighted by molar-refractivity contribution is 5.79. The molecule has 0 atom stereocenters. The summed E-state index contributed by atoms with van der Waals surface area (Å²) in [7, 11) is 0. The number of hydrogen-bond acceptors (Lipinski definition) is 5. The number of Topliss-reactive ketones (excluding diaryl/α,β-unsaturated/α-hetero) is 1. The van der Waals surface area contributed by atoms with E-state index in [1.54, 1.807) is 0 Å². The summed E-state index contributed by atoms with van der Waals surface area (Å²) in [4.78, 5) is 10.9. The Morgan fingerprint density at radius 1 is 0.773 bits per heavy atom. The first-order valence-electron chi connectivity index (χ1n) is 8.69. The molecule has 2 aliphatic heterocycles. The maximum atomic E-state index is 10.9. The average Bonchev–Trinajstić information content (AvgIpc) is 3.18. The van der Waals surface area contributed by atoms with E-state index in [4.69, 9.17) is 18.9 Å². The van der Waals surface area contributed by atoms with E-state index in [-0.39, 0.29) is 11.6 Å². The van der Waals surface area contributed by atoms with Crippen molar-refractivity contribution in [2.45, 2.75) is 69.9 Å². The maximum Gasteiger partial charge on any atom is 0.169 e. The number of rotatable bonds is 0. The third-order valence-corrected chi connectivity index (χ3v) is 5.23. The van der Waals surface area contributed by atoms with Crippen molar-refractivity contribution in [3.8, 4) is 0 Å². The minimum atomic E-state index is -0.367. The lowest BCUT2D eigenvalue weighted by Crippen LogP contribution is -2.35. The van der Waals surface area contributed by atoms with Gasteiger partial charge in [-0.1, -0.05) is 6.92 Å². The van der Waals surface area contributed by atoms with Gasteiger partial charge in [0.15, 0.2) is 11.6 Å². The quantitative estimate of drug-likeness (QED) is 0.688. The molecular weight excluding hydrogens is 284 g/mol. The zero-order valence-electron chi connectivity index (χ0n) is 13.6. The Kier molecular flexibility index (Phi) is 5.17. The molecule has 0 aromatic rings. The lowest BCUT2D eigenvalue weighted by atomic mass is 9.86. The molecule has 5 heteroatoms. The molecule has 0 radical (unpaired) electrons. The predicted octanol–water partition coefficient (Wildman–Crippen LogP) is 2.81. The van der Waals surface area contributed by atoms with Gasteiger partial charge in [-0.2, -0.15) is 0 Å². The second kappa shape index (κ2) is 6.95. The summed E-state index contributed by atoms with van der Waals surface area (Å²) in [5.74, 6) is 0.698. The largest absolute Gasteiger partial charge is 0.348 e. The van der Waals surface area contributed by atoms with E-state index in [9.17, 15) is 4.79 Å². The molecule has 2 heterocycles. The van der Waals surface area contributed by atoms with E-state index in [0.717, 1.165) is 44.8 Å². The SMILES string of the molecule is CC1CCC2(CC1)OCCO2.O=C1CCC2(CC1)OCCO2. The number of hydrogen-bond donors (Lipinski definition) is 0. The van der Waals surface area contributed by atoms with E-state index in [1.165, 1.54) is 12.8 Å². The maximum absolute atomic E-state index is 10.9. The number of carbonyl (C=O) groups excluding carboxylic acids is 1. The Bertz CT molecular complexity index is 361. The van der Waals surface area contributed by atoms with E-state index in [1.807, 2.05) is 0 Å². The van der Waals surface area contributed by atoms with Crippen molar-refractivity contribution in [1.29, 1.82) is 0 Å². The summed E-state index contributed by atoms with van der Waals surface area (Å²) in [5, 5.41) is 0. The molecule has 0 bridgehead atoms. The molecule has 2 aliphatic carbocycles. The molecular formula is C17H28O5. The van der Waals surface area contributed by atoms with Crippen molar-refractivity contribution in [1.82, 2.24) is 0 Å². The zero-order valence-corrected chi connectivity index (χ0v) is 13.6. The molecule has 0 aromatic heterocycles. The fraction of sp³-hybridized carbons (Fsp3) is 0.941. The van der Waals surface area contributed by atoms with Gasteiger partial charge in [0, 0.05) is 38.5 Å². The number of carbonyl (C=O) groups is 1. The Morgan fingerprint density at radius 2 is 1.18 bits per heavy atom. The highest BCUT2D eigenvalue weighted by atomic mass is 16.7. The van der Waals surface area contributed by atoms with Crippen molar-refractivity contribution in [2.24, 2.45) is 5.92 Å². The second-order valence-electron chi connectivity index (χ2n) is 6.94. The lowest BCUT2D eigenvalue weighted by Gasteiger charge is -2.33. The molecule has 126 valence electrons. The predicted molar refractivity (Wildman–Crippen MR) is 80.4 cm³/mol. The van der Waals surface area contributed by atoms with Crippen LogP contribution < -0.4 is 0 Å². The zero-order chi connectivity index (χ0) is 15.5. The molecule has 2 spiro atoms. The molecule has 0 N–H and O–H groups in total. The topological polar surface area (TPSA) is 54.0 Å². The van der Waals surface area contributed by atoms with Crippen molar-refractivity contribution in [3.63, 3.8) is 0 Å². The van der Waals surface area contributed by atoms with Crippen LogP contribution in [0.5, 0.6) is 0 Å². The molecule has 4 aliphatic rings. The van der Waals surface area contributed by atoms with Crippen LogP contribution in [-0.2, 0) is 23.7 Å². The molecule has 22 heavy (non-hydrogen) atoms. The summed E-state index contributed by atoms with van der Waals surface area (Å²) in [6, 6.07) is 0. The van der Waals surface area contributed by atoms with Gasteiger partial charge in [0.1, 0.15) is 5.78 Å². The van der Waals surface area contributed by atoms with Gasteiger partial charge in [-0.25, -0.2) is 0 Å². The van der Waals surface area contributed by atoms with E-state index < -0.39 is 0 Å². The van der Waals surface area contributed by atoms with Gasteiger partial charge in [0.25, 0.3) is 0 Å². The van der Waals surface area contributed by atoms with Gasteiger partial charge in [0.2, 0.25) is 0 Å². The van der Waals surface area contributed by atoms with Crippen LogP contribution in [-0.4, -0.2) is 43.8 Å². The Morgan fingerprint density at radius 3 is 1.64 bits per heavy atom. The first kappa shape index (κ1) is 16.4. The van der Waals surface area contributed by atoms with Crippen LogP contribution in [0.2, 0.25) is 0 Å². The minimum absolute atomic E-state index is 0.146. The number of ether oxygens (including phenoxy) is 4. The third kappa shape index (κ3) is 3.88. The highest BCUT2D eigenvalue weighted by Gasteiger charge is 2.40. The summed E-state index contributed by atoms with van der Waals surface area (Å²) < 4.78 is 22.1. The molecule has 0 aromatic carbocycles. The van der Waals surface area contributed by atoms with E-state index >= 15 is 0 Å². The average molecular weight is 312 g/mol. The minimum Gasteiger partial charge on any atom is -0.348 e. The Balaban J connectivity index is 0.000000131. The lowest BCUT2D eigenvalue weighted by molar-refractivity contribution is -0.181. The summed E-state index contributed by atoms with van der Waals surface area (Å²) in [6.07, 6.45) is 7.50. The van der Waals surface area contributed by atoms with Crippen LogP contribution in [0.25, 0.3) is 0 Å². The van der Waals surface area contributed by atoms with Gasteiger partial charge in [-0.3, -0.25) is 4.79 Å². The van der Waals surface area contributed by atoms with Gasteiger partial charge < -0.3 is 18.9 Å². The molecule has 4 fully saturated rings. The Hall–Kier alpha value is -0.490. The van der Waals surface area contributed by atoms with Crippen molar-refractivity contribution >= 4 is 5.78 Å². The van der Waals surface area contributed by atoms with Crippen LogP contribution >= 0.6 is 0 Å². The standard InChI is InChI=1S/C9H16O2.C8H12O3/c1-8-2-4-9(5-3-8)10-6-7-11-9;9-7-1-3-8(4-2-7)10-5-6-11-8/h8H,2-7H2,1H3;1-6H2. The molecule has 0 amide bonds. The first-order chi connectivity index (χ1) is 10.6. The van der Waals surface area contributed by atoms with Crippen LogP contribution in [0.15, 0.2) is 0 Å². The fourth-order valence-corrected chi connectivity index (χ4v) is 3.68. The van der Waals surface area contributed by atoms with Crippen LogP contribution in [0.4, 0.5) is 0 Å². The van der Waals surface area contributed by atoms with Crippen LogP contribution in [0, 0.1) is 5.92 Å². The van der Waals surface area contributed by atoms with Crippen LogP contribution in [0.1, 0.15) is 58.3 Å². The third-order valence-electron chi connectivity index (χ3n) is 5.23. The van der Waals surface area contributed by atoms with Gasteiger partial charge >= 0.3 is 0 Å². The van der Waals surface area contributed by atoms with Gasteiger partial charge in [0.05, 0.1) is 26.4 Å². The smallest absolute Gasteiger partial charge is 0.169 e. The first-order valence-corrected chi connectivity index (χ1v) is 8.69. The van der Waals surface area contributed by atoms with Crippen molar-refractivity contribution in [2.75, 3.05) is 26.4 Å². The molecule has 0 unspecified atom stereocenters. The van der Waals surface area contributed by atoms with Crippen molar-refractivity contribution < 1.29 is 23.7 Å². The number of ketones is 1.